The largest absolute Gasteiger partial charge is 0.462 e. The van der Waals surface area contributed by atoms with Gasteiger partial charge in [0.15, 0.2) is 23.0 Å². The van der Waals surface area contributed by atoms with Crippen LogP contribution >= 0.6 is 34.8 Å². The van der Waals surface area contributed by atoms with Crippen molar-refractivity contribution in [3.63, 3.8) is 0 Å². The number of carbonyl (C=O) groups is 2. The Kier molecular flexibility index (Phi) is 8.09. The number of rotatable bonds is 11. The quantitative estimate of drug-likeness (QED) is 0.166. The lowest BCUT2D eigenvalue weighted by atomic mass is 10.0. The molecule has 36 heavy (non-hydrogen) atoms. The zero-order valence-electron chi connectivity index (χ0n) is 18.4. The molecule has 0 aliphatic carbocycles. The van der Waals surface area contributed by atoms with Crippen LogP contribution in [0.4, 0.5) is 0 Å². The third-order valence-electron chi connectivity index (χ3n) is 5.31. The first-order valence-electron chi connectivity index (χ1n) is 10.5. The van der Waals surface area contributed by atoms with Crippen molar-refractivity contribution in [3.8, 4) is 11.1 Å². The second-order valence-corrected chi connectivity index (χ2v) is 8.55. The minimum absolute atomic E-state index is 0.000431. The fourth-order valence-electron chi connectivity index (χ4n) is 3.52. The van der Waals surface area contributed by atoms with Crippen molar-refractivity contribution in [3.05, 3.63) is 82.5 Å². The average Bonchev–Trinajstić information content (AvgIpc) is 3.70. The number of aliphatic hydroxyl groups is 3. The van der Waals surface area contributed by atoms with Gasteiger partial charge >= 0.3 is 0 Å². The lowest BCUT2D eigenvalue weighted by Crippen LogP contribution is -2.10. The van der Waals surface area contributed by atoms with Crippen LogP contribution in [0.5, 0.6) is 0 Å². The molecule has 0 aliphatic heterocycles. The molecule has 190 valence electrons. The molecule has 9 nitrogen and oxygen atoms in total. The standard InChI is InChI=1S/C24H19Cl3O9/c25-7-11-1-3-15(33-11)22(30)21(27)17-5-13(19(8-26)35-17)14-6-18(36-20(14)10-29)24(32)23(31)16-4-2-12(9-28)34-16/h1-6,21,23,28-29,31H,7-10H2. The number of hydrogen-bond acceptors (Lipinski definition) is 9. The molecule has 4 aromatic rings. The van der Waals surface area contributed by atoms with Gasteiger partial charge < -0.3 is 33.0 Å². The molecular formula is C24H19Cl3O9. The fraction of sp³-hybridized carbons (Fsp3) is 0.250. The van der Waals surface area contributed by atoms with Crippen molar-refractivity contribution in [1.82, 2.24) is 0 Å². The Morgan fingerprint density at radius 1 is 0.750 bits per heavy atom. The first kappa shape index (κ1) is 26.3. The van der Waals surface area contributed by atoms with E-state index in [0.717, 1.165) is 0 Å². The van der Waals surface area contributed by atoms with Crippen molar-refractivity contribution in [2.24, 2.45) is 0 Å². The summed E-state index contributed by atoms with van der Waals surface area (Å²) in [5.41, 5.74) is 0.592. The molecular weight excluding hydrogens is 539 g/mol. The summed E-state index contributed by atoms with van der Waals surface area (Å²) < 4.78 is 21.8. The highest BCUT2D eigenvalue weighted by molar-refractivity contribution is 6.33. The van der Waals surface area contributed by atoms with E-state index in [0.29, 0.717) is 11.3 Å². The summed E-state index contributed by atoms with van der Waals surface area (Å²) in [7, 11) is 0. The van der Waals surface area contributed by atoms with Crippen LogP contribution < -0.4 is 0 Å². The van der Waals surface area contributed by atoms with Crippen LogP contribution in [0.15, 0.2) is 54.1 Å². The first-order valence-corrected chi connectivity index (χ1v) is 12.0. The summed E-state index contributed by atoms with van der Waals surface area (Å²) in [5, 5.41) is 28.1. The van der Waals surface area contributed by atoms with Crippen LogP contribution in [0.3, 0.4) is 0 Å². The predicted molar refractivity (Wildman–Crippen MR) is 127 cm³/mol. The zero-order chi connectivity index (χ0) is 26.0. The molecule has 0 amide bonds. The fourth-order valence-corrected chi connectivity index (χ4v) is 4.08. The normalized spacial score (nSPS) is 13.2. The minimum atomic E-state index is -1.71. The lowest BCUT2D eigenvalue weighted by molar-refractivity contribution is 0.0662. The number of carbonyl (C=O) groups excluding carboxylic acids is 2. The molecule has 4 aromatic heterocycles. The van der Waals surface area contributed by atoms with Gasteiger partial charge in [0.1, 0.15) is 47.8 Å². The molecule has 2 atom stereocenters. The number of ketones is 2. The van der Waals surface area contributed by atoms with Crippen LogP contribution in [0.25, 0.3) is 11.1 Å². The number of hydrogen-bond donors (Lipinski definition) is 3. The van der Waals surface area contributed by atoms with Gasteiger partial charge in [-0.15, -0.1) is 34.8 Å². The number of alkyl halides is 3. The molecule has 4 heterocycles. The maximum atomic E-state index is 12.8. The highest BCUT2D eigenvalue weighted by atomic mass is 35.5. The molecule has 0 radical (unpaired) electrons. The van der Waals surface area contributed by atoms with E-state index in [9.17, 15) is 19.8 Å². The molecule has 0 saturated heterocycles. The summed E-state index contributed by atoms with van der Waals surface area (Å²) in [5.74, 6) is -0.967. The molecule has 2 unspecified atom stereocenters. The molecule has 12 heteroatoms. The number of halogens is 3. The highest BCUT2D eigenvalue weighted by Crippen LogP contribution is 2.38. The molecule has 0 aliphatic rings. The number of Topliss-reactive ketones (excluding diaryl/α,β-unsaturated/α-hetero) is 2. The maximum absolute atomic E-state index is 12.8. The van der Waals surface area contributed by atoms with Crippen LogP contribution in [0.1, 0.15) is 67.2 Å². The molecule has 4 rings (SSSR count). The second-order valence-electron chi connectivity index (χ2n) is 7.58. The van der Waals surface area contributed by atoms with E-state index in [1.807, 2.05) is 0 Å². The SMILES string of the molecule is O=C(c1cc(-c2cc(C(Cl)C(=O)c3ccc(CCl)o3)oc2CCl)c(CO)o1)C(O)c1ccc(CO)o1. The van der Waals surface area contributed by atoms with E-state index >= 15 is 0 Å². The summed E-state index contributed by atoms with van der Waals surface area (Å²) >= 11 is 18.1. The average molecular weight is 558 g/mol. The number of furan rings is 4. The Balaban J connectivity index is 1.65. The van der Waals surface area contributed by atoms with Crippen molar-refractivity contribution >= 4 is 46.4 Å². The van der Waals surface area contributed by atoms with Gasteiger partial charge in [0.2, 0.25) is 11.6 Å². The van der Waals surface area contributed by atoms with E-state index in [2.05, 4.69) is 0 Å². The van der Waals surface area contributed by atoms with Gasteiger partial charge in [0.05, 0.1) is 11.8 Å². The Hall–Kier alpha value is -2.79. The molecule has 0 aromatic carbocycles. The molecule has 0 spiro atoms. The van der Waals surface area contributed by atoms with Crippen LogP contribution in [0.2, 0.25) is 0 Å². The predicted octanol–water partition coefficient (Wildman–Crippen LogP) is 5.27. The third-order valence-corrected chi connectivity index (χ3v) is 6.23. The van der Waals surface area contributed by atoms with Gasteiger partial charge in [0, 0.05) is 11.1 Å². The maximum Gasteiger partial charge on any atom is 0.234 e. The van der Waals surface area contributed by atoms with Gasteiger partial charge in [-0.05, 0) is 36.4 Å². The van der Waals surface area contributed by atoms with Crippen LogP contribution in [-0.2, 0) is 25.0 Å². The van der Waals surface area contributed by atoms with Gasteiger partial charge in [-0.1, -0.05) is 0 Å². The molecule has 0 fully saturated rings. The van der Waals surface area contributed by atoms with Gasteiger partial charge in [0.25, 0.3) is 0 Å². The van der Waals surface area contributed by atoms with E-state index in [1.54, 1.807) is 6.07 Å². The van der Waals surface area contributed by atoms with Crippen molar-refractivity contribution in [2.45, 2.75) is 36.5 Å². The monoisotopic (exact) mass is 556 g/mol. The Bertz CT molecular complexity index is 1380. The van der Waals surface area contributed by atoms with Crippen LogP contribution in [-0.4, -0.2) is 26.9 Å². The third kappa shape index (κ3) is 5.04. The highest BCUT2D eigenvalue weighted by Gasteiger charge is 2.31. The first-order chi connectivity index (χ1) is 17.3. The van der Waals surface area contributed by atoms with E-state index in [-0.39, 0.29) is 57.6 Å². The lowest BCUT2D eigenvalue weighted by Gasteiger charge is -2.04. The molecule has 0 saturated carbocycles. The Labute approximate surface area is 218 Å². The van der Waals surface area contributed by atoms with Crippen LogP contribution in [0, 0.1) is 0 Å². The summed E-state index contributed by atoms with van der Waals surface area (Å²) in [6.07, 6.45) is -1.71. The Morgan fingerprint density at radius 2 is 1.47 bits per heavy atom. The minimum Gasteiger partial charge on any atom is -0.462 e. The molecule has 0 bridgehead atoms. The van der Waals surface area contributed by atoms with Crippen molar-refractivity contribution in [2.75, 3.05) is 0 Å². The van der Waals surface area contributed by atoms with Crippen molar-refractivity contribution in [1.29, 1.82) is 0 Å². The number of aliphatic hydroxyl groups excluding tert-OH is 3. The van der Waals surface area contributed by atoms with Gasteiger partial charge in [-0.3, -0.25) is 9.59 Å². The van der Waals surface area contributed by atoms with E-state index in [4.69, 9.17) is 57.6 Å². The summed E-state index contributed by atoms with van der Waals surface area (Å²) in [6.45, 7) is -0.991. The molecule has 3 N–H and O–H groups in total. The zero-order valence-corrected chi connectivity index (χ0v) is 20.6. The van der Waals surface area contributed by atoms with Gasteiger partial charge in [-0.25, -0.2) is 0 Å². The second kappa shape index (κ2) is 11.1. The smallest absolute Gasteiger partial charge is 0.234 e. The van der Waals surface area contributed by atoms with E-state index < -0.39 is 36.3 Å². The van der Waals surface area contributed by atoms with Crippen molar-refractivity contribution < 1.29 is 42.6 Å². The summed E-state index contributed by atoms with van der Waals surface area (Å²) in [4.78, 5) is 25.6. The van der Waals surface area contributed by atoms with E-state index in [1.165, 1.54) is 30.3 Å². The summed E-state index contributed by atoms with van der Waals surface area (Å²) in [6, 6.07) is 8.54. The topological polar surface area (TPSA) is 147 Å². The Morgan fingerprint density at radius 3 is 2.08 bits per heavy atom. The van der Waals surface area contributed by atoms with Gasteiger partial charge in [-0.2, -0.15) is 0 Å².